The first-order valence-corrected chi connectivity index (χ1v) is 53.6. The van der Waals surface area contributed by atoms with Crippen LogP contribution in [0.3, 0.4) is 0 Å². The number of ether oxygens (including phenoxy) is 12. The van der Waals surface area contributed by atoms with E-state index < -0.39 is 124 Å². The van der Waals surface area contributed by atoms with E-state index in [9.17, 15) is 102 Å². The van der Waals surface area contributed by atoms with Crippen molar-refractivity contribution in [2.24, 2.45) is 71.0 Å². The SMILES string of the molecule is CC(F)(F)C(=O)OC12CC3CC(C1)C1(SC4CC(=O)OC4S1)C(C3)C2.CC(F)(F)C(=O)OC12CC3CC(C1)C1(SC4OC(=O)C(O)C4S1)C(C3)C2.CC(F)(F)C(=O)OC12CC3CC(C1)C1(SC4OC5C(O)C(=O)OC5C4S1)C(C3)C2.CC(F)(F)C(=O)OC12CC3CC(C1)C1(SC4OC5CC(=O)OC5C4S1)C(C3)C2.CC(F)(F)C(=O)OC1CCC2(CC1)SC1CC(=O)OC1S2. The Morgan fingerprint density at radius 2 is 0.674 bits per heavy atom. The first-order valence-electron chi connectivity index (χ1n) is 44.8. The number of aliphatic hydroxyl groups is 2. The van der Waals surface area contributed by atoms with Gasteiger partial charge in [0.25, 0.3) is 0 Å². The van der Waals surface area contributed by atoms with E-state index in [-0.39, 0.29) is 128 Å². The summed E-state index contributed by atoms with van der Waals surface area (Å²) in [4.78, 5) is 116. The summed E-state index contributed by atoms with van der Waals surface area (Å²) in [6, 6.07) is 0. The van der Waals surface area contributed by atoms with Crippen LogP contribution in [0.1, 0.15) is 208 Å². The maximum Gasteiger partial charge on any atom is 0.377 e. The number of fused-ring (bicyclic) bond motifs is 9. The Kier molecular flexibility index (Phi) is 22.8. The Hall–Kier alpha value is -2.66. The van der Waals surface area contributed by atoms with Crippen LogP contribution in [-0.4, -0.2) is 238 Å². The minimum atomic E-state index is -3.48. The van der Waals surface area contributed by atoms with E-state index in [1.807, 2.05) is 35.3 Å². The highest BCUT2D eigenvalue weighted by atomic mass is 32.2. The van der Waals surface area contributed by atoms with E-state index in [4.69, 9.17) is 56.8 Å². The fourth-order valence-corrected chi connectivity index (χ4v) is 49.3. The van der Waals surface area contributed by atoms with Crippen molar-refractivity contribution in [2.75, 3.05) is 0 Å². The normalized spacial score (nSPS) is 50.4. The maximum atomic E-state index is 13.5. The van der Waals surface area contributed by atoms with Crippen LogP contribution in [0, 0.1) is 71.0 Å². The lowest BCUT2D eigenvalue weighted by atomic mass is 9.53. The van der Waals surface area contributed by atoms with Crippen molar-refractivity contribution in [1.29, 1.82) is 0 Å². The number of rotatable bonds is 10. The molecule has 24 nitrogen and oxygen atoms in total. The Morgan fingerprint density at radius 1 is 0.341 bits per heavy atom. The Labute approximate surface area is 778 Å². The number of carbonyl (C=O) groups excluding carboxylic acids is 10. The highest BCUT2D eigenvalue weighted by Gasteiger charge is 2.77. The lowest BCUT2D eigenvalue weighted by Gasteiger charge is -2.63. The fourth-order valence-electron chi connectivity index (χ4n) is 27.8. The summed E-state index contributed by atoms with van der Waals surface area (Å²) >= 11 is 17.6. The van der Waals surface area contributed by atoms with E-state index >= 15 is 0 Å². The predicted molar refractivity (Wildman–Crippen MR) is 452 cm³/mol. The zero-order valence-electron chi connectivity index (χ0n) is 70.6. The molecule has 24 unspecified atom stereocenters. The van der Waals surface area contributed by atoms with Gasteiger partial charge in [-0.25, -0.2) is 33.6 Å². The molecular weight excluding hydrogens is 1920 g/mol. The molecule has 16 bridgehead atoms. The second-order valence-electron chi connectivity index (χ2n) is 41.5. The molecule has 129 heavy (non-hydrogen) atoms. The molecule has 12 saturated heterocycles. The van der Waals surface area contributed by atoms with Crippen molar-refractivity contribution in [3.05, 3.63) is 0 Å². The van der Waals surface area contributed by atoms with Crippen LogP contribution in [0.5, 0.6) is 0 Å². The molecule has 0 aromatic rings. The van der Waals surface area contributed by atoms with Crippen LogP contribution in [-0.2, 0) is 105 Å². The van der Waals surface area contributed by atoms with Gasteiger partial charge in [-0.1, -0.05) is 35.3 Å². The lowest BCUT2D eigenvalue weighted by Crippen LogP contribution is -2.62. The first kappa shape index (κ1) is 92.7. The summed E-state index contributed by atoms with van der Waals surface area (Å²) < 4.78 is 198. The van der Waals surface area contributed by atoms with Crippen molar-refractivity contribution in [2.45, 2.75) is 377 Å². The van der Waals surface area contributed by atoms with Gasteiger partial charge < -0.3 is 67.1 Å². The van der Waals surface area contributed by atoms with Gasteiger partial charge in [0.1, 0.15) is 63.8 Å². The minimum Gasteiger partial charge on any atom is -0.458 e. The van der Waals surface area contributed by atoms with Gasteiger partial charge in [-0.2, -0.15) is 43.9 Å². The zero-order valence-corrected chi connectivity index (χ0v) is 78.7. The number of thioether (sulfide) groups is 10. The van der Waals surface area contributed by atoms with Crippen LogP contribution in [0.4, 0.5) is 43.9 Å². The number of hydrogen-bond acceptors (Lipinski definition) is 34. The summed E-state index contributed by atoms with van der Waals surface area (Å²) in [5, 5.41) is 20.3. The first-order chi connectivity index (χ1) is 60.4. The number of hydrogen-bond donors (Lipinski definition) is 2. The molecular formula is C85H100F10O24S10. The summed E-state index contributed by atoms with van der Waals surface area (Å²) in [7, 11) is 0. The third-order valence-electron chi connectivity index (χ3n) is 32.1. The maximum absolute atomic E-state index is 13.5. The second kappa shape index (κ2) is 31.7. The molecule has 5 spiro atoms. The van der Waals surface area contributed by atoms with Crippen molar-refractivity contribution >= 4 is 177 Å². The van der Waals surface area contributed by atoms with Gasteiger partial charge in [0.15, 0.2) is 28.5 Å². The summed E-state index contributed by atoms with van der Waals surface area (Å²) in [5.41, 5.74) is -3.66. The molecule has 12 aliphatic heterocycles. The monoisotopic (exact) mass is 2010 g/mol. The Bertz CT molecular complexity index is 4520. The average Bonchev–Trinajstić information content (AvgIpc) is 1.59. The van der Waals surface area contributed by atoms with E-state index in [0.717, 1.165) is 70.6 Å². The van der Waals surface area contributed by atoms with Gasteiger partial charge >= 0.3 is 89.3 Å². The van der Waals surface area contributed by atoms with Crippen LogP contribution >= 0.6 is 118 Å². The molecule has 0 aromatic carbocycles. The summed E-state index contributed by atoms with van der Waals surface area (Å²) in [6.45, 7) is 2.94. The molecule has 17 saturated carbocycles. The zero-order chi connectivity index (χ0) is 91.2. The lowest BCUT2D eigenvalue weighted by molar-refractivity contribution is -0.208. The highest BCUT2D eigenvalue weighted by Crippen LogP contribution is 2.80. The molecule has 24 atom stereocenters. The number of carbonyl (C=O) groups is 10. The van der Waals surface area contributed by atoms with Crippen LogP contribution in [0.15, 0.2) is 0 Å². The van der Waals surface area contributed by atoms with Crippen molar-refractivity contribution < 1.29 is 159 Å². The van der Waals surface area contributed by atoms with Crippen molar-refractivity contribution in [1.82, 2.24) is 0 Å². The average molecular weight is 2020 g/mol. The largest absolute Gasteiger partial charge is 0.458 e. The van der Waals surface area contributed by atoms with E-state index in [1.54, 1.807) is 82.3 Å². The van der Waals surface area contributed by atoms with Gasteiger partial charge in [-0.05, 0) is 225 Å². The smallest absolute Gasteiger partial charge is 0.377 e. The van der Waals surface area contributed by atoms with Crippen LogP contribution < -0.4 is 0 Å². The molecule has 0 radical (unpaired) electrons. The van der Waals surface area contributed by atoms with E-state index in [0.29, 0.717) is 185 Å². The van der Waals surface area contributed by atoms with Gasteiger partial charge in [0, 0.05) is 34.6 Å². The van der Waals surface area contributed by atoms with Gasteiger partial charge in [0.05, 0.1) is 65.9 Å². The molecule has 44 heteroatoms. The standard InChI is InChI=1S/C19H22F2O6S2.C19H22F2O5S2.C17H20F2O5S2.C17H20F2O4S2.C13H16F2O4S2/c1-17(20,21)16(24)27-18-4-7-2-8(5-18)19(9(3-7)6-18)28-13-12-11(26-15(13)29-19)10(22)14(23)25-12;1-17(20,21)16(23)26-18-5-8-2-9(6-18)19(10(3-8)7-18)27-14-13-11(4-12(22)25-13)24-15(14)28-19;1-15(18,19)14(22)24-16-4-7-2-8(5-16)17(9(3-7)6-16)25-11-10(20)12(21)23-13(11)26-17;1-15(18,19)14(21)23-16-5-8-2-9(6-16)17(10(3-8)7-16)24-11-4-12(20)22-13(11)25-17;1-12(14,15)11(17)18-7-2-4-13(5-3-7)20-8-6-9(16)19-10(8)21-13/h7-13,15,22H,2-6H2,1H3;8-11,13-15H,2-7H2,1H3;7-11,13,20H,2-6H2,1H3;8-11,13H,2-7H2,1H3;7-8,10H,2-6H2,1H3. The number of halogens is 10. The molecule has 12 heterocycles. The summed E-state index contributed by atoms with van der Waals surface area (Å²) in [6.07, 6.45) is 15.7. The topological polar surface area (TPSA) is 322 Å². The molecule has 2 N–H and O–H groups in total. The quantitative estimate of drug-likeness (QED) is 0.117. The molecule has 29 aliphatic rings. The van der Waals surface area contributed by atoms with E-state index in [2.05, 4.69) is 0 Å². The summed E-state index contributed by atoms with van der Waals surface area (Å²) in [5.74, 6) is -22.2. The molecule has 29 rings (SSSR count). The second-order valence-corrected chi connectivity index (χ2v) is 57.3. The van der Waals surface area contributed by atoms with Gasteiger partial charge in [0.2, 0.25) is 0 Å². The Morgan fingerprint density at radius 3 is 1.05 bits per heavy atom. The van der Waals surface area contributed by atoms with Crippen LogP contribution in [0.25, 0.3) is 0 Å². The van der Waals surface area contributed by atoms with Gasteiger partial charge in [-0.15, -0.1) is 82.3 Å². The Balaban J connectivity index is 0.0000000982. The van der Waals surface area contributed by atoms with Crippen molar-refractivity contribution in [3.8, 4) is 0 Å². The third-order valence-corrected chi connectivity index (χ3v) is 52.8. The third kappa shape index (κ3) is 16.0. The van der Waals surface area contributed by atoms with Crippen LogP contribution in [0.2, 0.25) is 0 Å². The minimum absolute atomic E-state index is 0.00239. The predicted octanol–water partition coefficient (Wildman–Crippen LogP) is 14.7. The number of esters is 10. The van der Waals surface area contributed by atoms with E-state index in [1.165, 1.54) is 0 Å². The molecule has 0 aromatic heterocycles. The molecule has 714 valence electrons. The molecule has 0 amide bonds. The van der Waals surface area contributed by atoms with Gasteiger partial charge in [-0.3, -0.25) is 14.4 Å². The number of aliphatic hydroxyl groups excluding tert-OH is 2. The fraction of sp³-hybridized carbons (Fsp3) is 0.882. The van der Waals surface area contributed by atoms with Crippen molar-refractivity contribution in [3.63, 3.8) is 0 Å². The molecule has 17 aliphatic carbocycles. The molecule has 29 fully saturated rings. The highest BCUT2D eigenvalue weighted by molar-refractivity contribution is 8.23. The number of alkyl halides is 10.